The second-order valence-corrected chi connectivity index (χ2v) is 4.12. The highest BCUT2D eigenvalue weighted by atomic mass is 16.6. The van der Waals surface area contributed by atoms with E-state index in [0.29, 0.717) is 0 Å². The molecule has 0 spiro atoms. The number of hydrogen-bond acceptors (Lipinski definition) is 3. The quantitative estimate of drug-likeness (QED) is 0.578. The van der Waals surface area contributed by atoms with Crippen molar-refractivity contribution in [3.05, 3.63) is 0 Å². The first-order valence-corrected chi connectivity index (χ1v) is 3.86. The molecule has 0 bridgehead atoms. The van der Waals surface area contributed by atoms with Gasteiger partial charge in [0.15, 0.2) is 0 Å². The molecular formula is C8H16O3. The molecule has 11 heavy (non-hydrogen) atoms. The Kier molecular flexibility index (Phi) is 1.99. The number of aliphatic hydroxyl groups is 2. The maximum Gasteiger partial charge on any atom is 0.116 e. The van der Waals surface area contributed by atoms with Crippen molar-refractivity contribution in [1.29, 1.82) is 0 Å². The summed E-state index contributed by atoms with van der Waals surface area (Å²) in [5, 5.41) is 17.9. The van der Waals surface area contributed by atoms with Gasteiger partial charge in [0.2, 0.25) is 0 Å². The van der Waals surface area contributed by atoms with Gasteiger partial charge in [0.05, 0.1) is 19.3 Å². The third-order valence-electron chi connectivity index (χ3n) is 2.32. The summed E-state index contributed by atoms with van der Waals surface area (Å²) in [4.78, 5) is 0. The smallest absolute Gasteiger partial charge is 0.116 e. The summed E-state index contributed by atoms with van der Waals surface area (Å²) in [6.07, 6.45) is -0.00926. The molecule has 1 aliphatic rings. The molecule has 0 aliphatic carbocycles. The Morgan fingerprint density at radius 2 is 2.00 bits per heavy atom. The number of aliphatic hydroxyl groups excluding tert-OH is 2. The van der Waals surface area contributed by atoms with E-state index in [1.54, 1.807) is 0 Å². The largest absolute Gasteiger partial charge is 0.396 e. The van der Waals surface area contributed by atoms with Crippen molar-refractivity contribution >= 4 is 0 Å². The molecule has 0 aromatic rings. The molecular weight excluding hydrogens is 144 g/mol. The van der Waals surface area contributed by atoms with Gasteiger partial charge in [-0.15, -0.1) is 0 Å². The zero-order valence-corrected chi connectivity index (χ0v) is 7.29. The van der Waals surface area contributed by atoms with E-state index in [1.807, 2.05) is 20.8 Å². The van der Waals surface area contributed by atoms with Crippen molar-refractivity contribution in [2.45, 2.75) is 32.5 Å². The summed E-state index contributed by atoms with van der Waals surface area (Å²) in [5.41, 5.74) is -0.649. The molecule has 1 rings (SSSR count). The van der Waals surface area contributed by atoms with Crippen LogP contribution < -0.4 is 0 Å². The molecule has 0 aromatic carbocycles. The van der Waals surface area contributed by atoms with Gasteiger partial charge in [-0.2, -0.15) is 0 Å². The SMILES string of the molecule is CC(C)(CO)C1OC1(C)CO. The fourth-order valence-corrected chi connectivity index (χ4v) is 1.42. The van der Waals surface area contributed by atoms with Crippen LogP contribution in [0.1, 0.15) is 20.8 Å². The molecule has 0 amide bonds. The van der Waals surface area contributed by atoms with Crippen LogP contribution >= 0.6 is 0 Å². The molecule has 2 atom stereocenters. The minimum absolute atomic E-state index is 0.00926. The summed E-state index contributed by atoms with van der Waals surface area (Å²) in [6, 6.07) is 0. The molecule has 3 heteroatoms. The number of epoxide rings is 1. The lowest BCUT2D eigenvalue weighted by Gasteiger charge is -2.19. The second-order valence-electron chi connectivity index (χ2n) is 4.12. The number of ether oxygens (including phenoxy) is 1. The van der Waals surface area contributed by atoms with E-state index in [9.17, 15) is 0 Å². The summed E-state index contributed by atoms with van der Waals surface area (Å²) < 4.78 is 5.30. The number of rotatable bonds is 3. The zero-order chi connectivity index (χ0) is 8.70. The van der Waals surface area contributed by atoms with Gasteiger partial charge in [-0.05, 0) is 6.92 Å². The predicted octanol–water partition coefficient (Wildman–Crippen LogP) is 0.155. The Morgan fingerprint density at radius 1 is 1.45 bits per heavy atom. The molecule has 3 nitrogen and oxygen atoms in total. The van der Waals surface area contributed by atoms with Gasteiger partial charge in [0.25, 0.3) is 0 Å². The monoisotopic (exact) mass is 160 g/mol. The van der Waals surface area contributed by atoms with Crippen LogP contribution in [0.15, 0.2) is 0 Å². The first-order chi connectivity index (χ1) is 4.96. The van der Waals surface area contributed by atoms with Gasteiger partial charge in [0.1, 0.15) is 5.60 Å². The van der Waals surface area contributed by atoms with Gasteiger partial charge < -0.3 is 14.9 Å². The first kappa shape index (κ1) is 8.97. The lowest BCUT2D eigenvalue weighted by Crippen LogP contribution is -2.30. The lowest BCUT2D eigenvalue weighted by atomic mass is 9.84. The van der Waals surface area contributed by atoms with Crippen LogP contribution in [-0.4, -0.2) is 35.1 Å². The minimum Gasteiger partial charge on any atom is -0.396 e. The maximum atomic E-state index is 8.97. The minimum atomic E-state index is -0.410. The third-order valence-corrected chi connectivity index (χ3v) is 2.32. The van der Waals surface area contributed by atoms with Gasteiger partial charge in [-0.1, -0.05) is 13.8 Å². The predicted molar refractivity (Wildman–Crippen MR) is 41.2 cm³/mol. The molecule has 1 saturated heterocycles. The van der Waals surface area contributed by atoms with Gasteiger partial charge in [0, 0.05) is 5.41 Å². The van der Waals surface area contributed by atoms with Crippen LogP contribution in [-0.2, 0) is 4.74 Å². The van der Waals surface area contributed by atoms with Gasteiger partial charge >= 0.3 is 0 Å². The van der Waals surface area contributed by atoms with Gasteiger partial charge in [-0.3, -0.25) is 0 Å². The summed E-state index contributed by atoms with van der Waals surface area (Å²) in [6.45, 7) is 5.83. The Labute approximate surface area is 67.0 Å². The average Bonchev–Trinajstić information content (AvgIpc) is 2.65. The van der Waals surface area contributed by atoms with E-state index in [-0.39, 0.29) is 24.7 Å². The van der Waals surface area contributed by atoms with E-state index in [4.69, 9.17) is 14.9 Å². The second kappa shape index (κ2) is 2.44. The van der Waals surface area contributed by atoms with E-state index in [0.717, 1.165) is 0 Å². The van der Waals surface area contributed by atoms with E-state index in [1.165, 1.54) is 0 Å². The Bertz CT molecular complexity index is 155. The van der Waals surface area contributed by atoms with Crippen molar-refractivity contribution in [1.82, 2.24) is 0 Å². The normalized spacial score (nSPS) is 37.4. The molecule has 2 unspecified atom stereocenters. The van der Waals surface area contributed by atoms with Crippen LogP contribution in [0.3, 0.4) is 0 Å². The lowest BCUT2D eigenvalue weighted by molar-refractivity contribution is 0.124. The van der Waals surface area contributed by atoms with Crippen molar-refractivity contribution in [2.75, 3.05) is 13.2 Å². The van der Waals surface area contributed by atoms with Crippen LogP contribution in [0.25, 0.3) is 0 Å². The topological polar surface area (TPSA) is 53.0 Å². The molecule has 0 aromatic heterocycles. The summed E-state index contributed by atoms with van der Waals surface area (Å²) in [7, 11) is 0. The fraction of sp³-hybridized carbons (Fsp3) is 1.00. The molecule has 0 saturated carbocycles. The molecule has 1 heterocycles. The van der Waals surface area contributed by atoms with Crippen molar-refractivity contribution in [2.24, 2.45) is 5.41 Å². The van der Waals surface area contributed by atoms with E-state index in [2.05, 4.69) is 0 Å². The van der Waals surface area contributed by atoms with E-state index < -0.39 is 5.60 Å². The Morgan fingerprint density at radius 3 is 2.27 bits per heavy atom. The average molecular weight is 160 g/mol. The summed E-state index contributed by atoms with van der Waals surface area (Å²) >= 11 is 0. The number of hydrogen-bond donors (Lipinski definition) is 2. The van der Waals surface area contributed by atoms with E-state index >= 15 is 0 Å². The van der Waals surface area contributed by atoms with Crippen molar-refractivity contribution < 1.29 is 14.9 Å². The van der Waals surface area contributed by atoms with Crippen LogP contribution in [0.5, 0.6) is 0 Å². The standard InChI is InChI=1S/C8H16O3/c1-7(2,4-9)6-8(3,5-10)11-6/h6,9-10H,4-5H2,1-3H3. The Hall–Kier alpha value is -0.120. The van der Waals surface area contributed by atoms with Crippen LogP contribution in [0.2, 0.25) is 0 Å². The zero-order valence-electron chi connectivity index (χ0n) is 7.29. The molecule has 0 radical (unpaired) electrons. The first-order valence-electron chi connectivity index (χ1n) is 3.86. The van der Waals surface area contributed by atoms with Crippen LogP contribution in [0, 0.1) is 5.41 Å². The van der Waals surface area contributed by atoms with Gasteiger partial charge in [-0.25, -0.2) is 0 Å². The molecule has 66 valence electrons. The Balaban J connectivity index is 2.55. The molecule has 2 N–H and O–H groups in total. The highest BCUT2D eigenvalue weighted by molar-refractivity contribution is 5.05. The summed E-state index contributed by atoms with van der Waals surface area (Å²) in [5.74, 6) is 0. The molecule has 1 fully saturated rings. The highest BCUT2D eigenvalue weighted by Gasteiger charge is 2.58. The third kappa shape index (κ3) is 1.41. The van der Waals surface area contributed by atoms with Crippen molar-refractivity contribution in [3.8, 4) is 0 Å². The highest BCUT2D eigenvalue weighted by Crippen LogP contribution is 2.46. The fourth-order valence-electron chi connectivity index (χ4n) is 1.42. The van der Waals surface area contributed by atoms with Crippen molar-refractivity contribution in [3.63, 3.8) is 0 Å². The maximum absolute atomic E-state index is 8.97. The molecule has 1 aliphatic heterocycles. The van der Waals surface area contributed by atoms with Crippen LogP contribution in [0.4, 0.5) is 0 Å².